The molecule has 2 aromatic rings. The third kappa shape index (κ3) is 3.35. The van der Waals surface area contributed by atoms with Crippen LogP contribution in [0.3, 0.4) is 0 Å². The summed E-state index contributed by atoms with van der Waals surface area (Å²) in [5, 5.41) is 23.0. The molecule has 0 spiro atoms. The van der Waals surface area contributed by atoms with E-state index in [1.807, 2.05) is 47.8 Å². The highest BCUT2D eigenvalue weighted by atomic mass is 32.1. The molecule has 1 atom stereocenters. The largest absolute Gasteiger partial charge is 0.386 e. The monoisotopic (exact) mass is 303 g/mol. The molecule has 2 heterocycles. The van der Waals surface area contributed by atoms with Gasteiger partial charge in [-0.3, -0.25) is 0 Å². The zero-order valence-corrected chi connectivity index (χ0v) is 12.8. The average molecular weight is 303 g/mol. The molecule has 0 bridgehead atoms. The van der Waals surface area contributed by atoms with Crippen LogP contribution in [0.25, 0.3) is 0 Å². The van der Waals surface area contributed by atoms with E-state index in [4.69, 9.17) is 0 Å². The van der Waals surface area contributed by atoms with E-state index < -0.39 is 11.7 Å². The number of aliphatic hydroxyl groups is 2. The minimum Gasteiger partial charge on any atom is -0.386 e. The second-order valence-electron chi connectivity index (χ2n) is 5.73. The van der Waals surface area contributed by atoms with Crippen molar-refractivity contribution in [2.24, 2.45) is 0 Å². The Labute approximate surface area is 129 Å². The topological polar surface area (TPSA) is 43.7 Å². The quantitative estimate of drug-likeness (QED) is 0.913. The fourth-order valence-corrected chi connectivity index (χ4v) is 3.66. The maximum Gasteiger partial charge on any atom is 0.101 e. The molecule has 0 aliphatic carbocycles. The van der Waals surface area contributed by atoms with Gasteiger partial charge in [-0.2, -0.15) is 0 Å². The molecule has 2 N–H and O–H groups in total. The highest BCUT2D eigenvalue weighted by molar-refractivity contribution is 7.10. The van der Waals surface area contributed by atoms with Gasteiger partial charge in [0, 0.05) is 24.5 Å². The number of rotatable bonds is 4. The molecule has 112 valence electrons. The van der Waals surface area contributed by atoms with Crippen LogP contribution in [0.2, 0.25) is 0 Å². The molecule has 1 fully saturated rings. The van der Waals surface area contributed by atoms with Crippen LogP contribution in [-0.4, -0.2) is 34.7 Å². The van der Waals surface area contributed by atoms with E-state index in [1.165, 1.54) is 0 Å². The summed E-state index contributed by atoms with van der Waals surface area (Å²) in [5.41, 5.74) is 0.287. The van der Waals surface area contributed by atoms with Gasteiger partial charge in [0.25, 0.3) is 0 Å². The number of piperidine rings is 1. The number of thiophene rings is 1. The molecule has 4 heteroatoms. The Bertz CT molecular complexity index is 547. The van der Waals surface area contributed by atoms with Crippen molar-refractivity contribution in [2.75, 3.05) is 19.6 Å². The molecule has 1 unspecified atom stereocenters. The Kier molecular flexibility index (Phi) is 4.40. The summed E-state index contributed by atoms with van der Waals surface area (Å²) in [4.78, 5) is 3.25. The van der Waals surface area contributed by atoms with E-state index in [1.54, 1.807) is 11.3 Å². The number of benzene rings is 1. The van der Waals surface area contributed by atoms with Crippen LogP contribution in [0.4, 0.5) is 0 Å². The van der Waals surface area contributed by atoms with Gasteiger partial charge >= 0.3 is 0 Å². The summed E-state index contributed by atoms with van der Waals surface area (Å²) >= 11 is 1.59. The van der Waals surface area contributed by atoms with Crippen molar-refractivity contribution in [3.05, 3.63) is 58.3 Å². The third-order valence-corrected chi connectivity index (χ3v) is 5.27. The first kappa shape index (κ1) is 14.7. The van der Waals surface area contributed by atoms with Gasteiger partial charge in [-0.05, 0) is 29.9 Å². The molecule has 1 aromatic carbocycles. The number of nitrogens with zero attached hydrogens (tertiary/aromatic N) is 1. The first-order valence-electron chi connectivity index (χ1n) is 7.39. The summed E-state index contributed by atoms with van der Waals surface area (Å²) in [6, 6.07) is 13.8. The number of hydrogen-bond acceptors (Lipinski definition) is 4. The molecule has 21 heavy (non-hydrogen) atoms. The molecular weight excluding hydrogens is 282 g/mol. The van der Waals surface area contributed by atoms with Gasteiger partial charge in [-0.15, -0.1) is 11.3 Å². The van der Waals surface area contributed by atoms with Crippen LogP contribution in [0, 0.1) is 0 Å². The van der Waals surface area contributed by atoms with Crippen molar-refractivity contribution in [2.45, 2.75) is 24.5 Å². The maximum absolute atomic E-state index is 10.8. The lowest BCUT2D eigenvalue weighted by atomic mass is 9.84. The van der Waals surface area contributed by atoms with Gasteiger partial charge < -0.3 is 15.1 Å². The Morgan fingerprint density at radius 3 is 2.43 bits per heavy atom. The van der Waals surface area contributed by atoms with Crippen LogP contribution < -0.4 is 0 Å². The molecule has 0 radical (unpaired) electrons. The Morgan fingerprint density at radius 1 is 1.10 bits per heavy atom. The van der Waals surface area contributed by atoms with Crippen LogP contribution >= 0.6 is 11.3 Å². The fraction of sp³-hybridized carbons (Fsp3) is 0.412. The molecule has 3 nitrogen and oxygen atoms in total. The van der Waals surface area contributed by atoms with Gasteiger partial charge in [-0.1, -0.05) is 36.4 Å². The van der Waals surface area contributed by atoms with E-state index in [0.29, 0.717) is 19.4 Å². The van der Waals surface area contributed by atoms with Crippen molar-refractivity contribution in [1.82, 2.24) is 4.90 Å². The SMILES string of the molecule is OC(CN1CCC(O)(c2ccccc2)CC1)c1cccs1. The number of aliphatic hydroxyl groups excluding tert-OH is 1. The molecule has 0 saturated carbocycles. The number of likely N-dealkylation sites (tertiary alicyclic amines) is 1. The molecule has 1 aliphatic heterocycles. The van der Waals surface area contributed by atoms with Crippen molar-refractivity contribution in [1.29, 1.82) is 0 Å². The summed E-state index contributed by atoms with van der Waals surface area (Å²) in [6.45, 7) is 2.27. The fourth-order valence-electron chi connectivity index (χ4n) is 2.96. The number of β-amino-alcohol motifs (C(OH)–C–C–N with tert-alkyl or cyclic N) is 1. The zero-order chi connectivity index (χ0) is 14.7. The second kappa shape index (κ2) is 6.28. The van der Waals surface area contributed by atoms with Gasteiger partial charge in [0.15, 0.2) is 0 Å². The third-order valence-electron chi connectivity index (χ3n) is 4.30. The Hall–Kier alpha value is -1.20. The van der Waals surface area contributed by atoms with Crippen LogP contribution in [0.15, 0.2) is 47.8 Å². The molecule has 1 saturated heterocycles. The average Bonchev–Trinajstić information content (AvgIpc) is 3.05. The lowest BCUT2D eigenvalue weighted by Gasteiger charge is -2.39. The van der Waals surface area contributed by atoms with E-state index in [-0.39, 0.29) is 0 Å². The van der Waals surface area contributed by atoms with Crippen LogP contribution in [-0.2, 0) is 5.60 Å². The standard InChI is InChI=1S/C17H21NO2S/c19-15(16-7-4-12-21-16)13-18-10-8-17(20,9-11-18)14-5-2-1-3-6-14/h1-7,12,15,19-20H,8-11,13H2. The maximum atomic E-state index is 10.8. The molecule has 1 aromatic heterocycles. The zero-order valence-electron chi connectivity index (χ0n) is 12.0. The van der Waals surface area contributed by atoms with Gasteiger partial charge in [0.05, 0.1) is 5.60 Å². The number of hydrogen-bond donors (Lipinski definition) is 2. The first-order chi connectivity index (χ1) is 10.2. The first-order valence-corrected chi connectivity index (χ1v) is 8.27. The van der Waals surface area contributed by atoms with Gasteiger partial charge in [0.1, 0.15) is 6.10 Å². The van der Waals surface area contributed by atoms with Crippen molar-refractivity contribution < 1.29 is 10.2 Å². The minimum absolute atomic E-state index is 0.423. The summed E-state index contributed by atoms with van der Waals surface area (Å²) in [5.74, 6) is 0. The van der Waals surface area contributed by atoms with Crippen molar-refractivity contribution in [3.63, 3.8) is 0 Å². The van der Waals surface area contributed by atoms with E-state index in [9.17, 15) is 10.2 Å². The Balaban J connectivity index is 1.58. The highest BCUT2D eigenvalue weighted by Crippen LogP contribution is 2.33. The minimum atomic E-state index is -0.717. The van der Waals surface area contributed by atoms with Crippen molar-refractivity contribution in [3.8, 4) is 0 Å². The van der Waals surface area contributed by atoms with E-state index in [0.717, 1.165) is 23.5 Å². The van der Waals surface area contributed by atoms with E-state index in [2.05, 4.69) is 4.90 Å². The molecular formula is C17H21NO2S. The predicted octanol–water partition coefficient (Wildman–Crippen LogP) is 2.77. The van der Waals surface area contributed by atoms with Crippen LogP contribution in [0.5, 0.6) is 0 Å². The highest BCUT2D eigenvalue weighted by Gasteiger charge is 2.34. The summed E-state index contributed by atoms with van der Waals surface area (Å²) in [7, 11) is 0. The lowest BCUT2D eigenvalue weighted by molar-refractivity contribution is -0.0342. The van der Waals surface area contributed by atoms with Gasteiger partial charge in [-0.25, -0.2) is 0 Å². The smallest absolute Gasteiger partial charge is 0.101 e. The molecule has 1 aliphatic rings. The Morgan fingerprint density at radius 2 is 1.81 bits per heavy atom. The van der Waals surface area contributed by atoms with E-state index >= 15 is 0 Å². The predicted molar refractivity (Wildman–Crippen MR) is 85.3 cm³/mol. The van der Waals surface area contributed by atoms with Crippen molar-refractivity contribution >= 4 is 11.3 Å². The molecule has 0 amide bonds. The van der Waals surface area contributed by atoms with Crippen LogP contribution in [0.1, 0.15) is 29.4 Å². The normalized spacial score (nSPS) is 20.3. The summed E-state index contributed by atoms with van der Waals surface area (Å²) < 4.78 is 0. The molecule has 3 rings (SSSR count). The van der Waals surface area contributed by atoms with Gasteiger partial charge in [0.2, 0.25) is 0 Å². The summed E-state index contributed by atoms with van der Waals surface area (Å²) in [6.07, 6.45) is 1.01. The lowest BCUT2D eigenvalue weighted by Crippen LogP contribution is -2.43. The second-order valence-corrected chi connectivity index (χ2v) is 6.71.